The molecule has 0 aliphatic heterocycles. The summed E-state index contributed by atoms with van der Waals surface area (Å²) in [4.78, 5) is 5.11. The van der Waals surface area contributed by atoms with Crippen molar-refractivity contribution >= 4 is 34.1 Å². The van der Waals surface area contributed by atoms with Gasteiger partial charge < -0.3 is 9.80 Å². The molecule has 0 N–H and O–H groups in total. The van der Waals surface area contributed by atoms with Crippen LogP contribution in [-0.4, -0.2) is 0 Å². The Balaban J connectivity index is 0.733. The molecule has 21 rings (SSSR count). The van der Waals surface area contributed by atoms with Gasteiger partial charge in [-0.2, -0.15) is 0 Å². The Hall–Kier alpha value is -12.1. The Kier molecular flexibility index (Phi) is 12.4. The van der Waals surface area contributed by atoms with E-state index < -0.39 is 16.2 Å². The third-order valence-electron chi connectivity index (χ3n) is 24.6. The van der Waals surface area contributed by atoms with Crippen LogP contribution in [0.5, 0.6) is 0 Å². The molecule has 0 saturated heterocycles. The van der Waals surface area contributed by atoms with E-state index >= 15 is 0 Å². The second-order valence-electron chi connectivity index (χ2n) is 30.1. The molecule has 15 aromatic carbocycles. The fourth-order valence-electron chi connectivity index (χ4n) is 20.3. The Labute approximate surface area is 597 Å². The van der Waals surface area contributed by atoms with Crippen LogP contribution < -0.4 is 9.80 Å². The summed E-state index contributed by atoms with van der Waals surface area (Å²) in [5, 5.41) is 0. The maximum Gasteiger partial charge on any atom is 0.0726 e. The lowest BCUT2D eigenvalue weighted by molar-refractivity contribution is 0.582. The summed E-state index contributed by atoms with van der Waals surface area (Å²) in [5.41, 5.74) is 43.0. The molecule has 0 fully saturated rings. The normalized spacial score (nSPS) is 16.8. The SMILES string of the molecule is Cc1cccc(C)c1N(c1ccc2c(c1)C(C)(C)c1ccccc1-2)c1ccc2c(c1)C1(c3ccccc3-c3ccc(CC4(C)c5ccccc5-c5ccc(N(c6cccc(-c7ccccc7)c6)c6ccc7c(c6)C6(c8ccccc8-c8ccccc86)c6ccccc6-7)cc54)cc31)c1ccccc1-2. The molecular weight excluding hydrogens is 1230 g/mol. The number of anilines is 6. The van der Waals surface area contributed by atoms with Crippen LogP contribution in [0.25, 0.3) is 77.9 Å². The highest BCUT2D eigenvalue weighted by molar-refractivity contribution is 6.00. The number of benzene rings is 15. The van der Waals surface area contributed by atoms with E-state index in [0.717, 1.165) is 34.9 Å². The lowest BCUT2D eigenvalue weighted by Crippen LogP contribution is -2.27. The average molecular weight is 1300 g/mol. The quantitative estimate of drug-likeness (QED) is 0.142. The van der Waals surface area contributed by atoms with Crippen LogP contribution in [0.2, 0.25) is 0 Å². The summed E-state index contributed by atoms with van der Waals surface area (Å²) < 4.78 is 0. The summed E-state index contributed by atoms with van der Waals surface area (Å²) >= 11 is 0. The molecule has 6 aliphatic carbocycles. The van der Waals surface area contributed by atoms with E-state index in [1.807, 2.05) is 0 Å². The average Bonchev–Trinajstić information content (AvgIpc) is 1.51. The van der Waals surface area contributed by atoms with E-state index in [4.69, 9.17) is 0 Å². The number of para-hydroxylation sites is 1. The van der Waals surface area contributed by atoms with Gasteiger partial charge in [-0.1, -0.05) is 294 Å². The molecule has 15 aromatic rings. The zero-order valence-corrected chi connectivity index (χ0v) is 57.9. The summed E-state index contributed by atoms with van der Waals surface area (Å²) in [6, 6.07) is 128. The summed E-state index contributed by atoms with van der Waals surface area (Å²) in [6.07, 6.45) is 0.787. The first-order chi connectivity index (χ1) is 50.0. The van der Waals surface area contributed by atoms with Crippen LogP contribution in [0.3, 0.4) is 0 Å². The minimum atomic E-state index is -0.606. The van der Waals surface area contributed by atoms with Gasteiger partial charge in [0.1, 0.15) is 0 Å². The maximum atomic E-state index is 2.63. The predicted octanol–water partition coefficient (Wildman–Crippen LogP) is 25.4. The zero-order valence-electron chi connectivity index (χ0n) is 57.9. The highest BCUT2D eigenvalue weighted by atomic mass is 15.2. The number of hydrogen-bond acceptors (Lipinski definition) is 2. The van der Waals surface area contributed by atoms with E-state index in [0.29, 0.717) is 0 Å². The van der Waals surface area contributed by atoms with Crippen molar-refractivity contribution in [3.63, 3.8) is 0 Å². The van der Waals surface area contributed by atoms with Gasteiger partial charge in [0, 0.05) is 39.3 Å². The smallest absolute Gasteiger partial charge is 0.0726 e. The van der Waals surface area contributed by atoms with E-state index in [1.54, 1.807) is 0 Å². The van der Waals surface area contributed by atoms with Crippen LogP contribution in [0, 0.1) is 13.8 Å². The van der Waals surface area contributed by atoms with Gasteiger partial charge in [-0.25, -0.2) is 0 Å². The van der Waals surface area contributed by atoms with E-state index in [9.17, 15) is 0 Å². The van der Waals surface area contributed by atoms with Crippen molar-refractivity contribution in [1.82, 2.24) is 0 Å². The van der Waals surface area contributed by atoms with Crippen molar-refractivity contribution in [2.24, 2.45) is 0 Å². The van der Waals surface area contributed by atoms with E-state index in [1.165, 1.54) is 167 Å². The van der Waals surface area contributed by atoms with Gasteiger partial charge in [0.2, 0.25) is 0 Å². The minimum absolute atomic E-state index is 0.164. The number of aryl methyl sites for hydroxylation is 2. The molecule has 0 radical (unpaired) electrons. The summed E-state index contributed by atoms with van der Waals surface area (Å²) in [7, 11) is 0. The molecule has 102 heavy (non-hydrogen) atoms. The summed E-state index contributed by atoms with van der Waals surface area (Å²) in [6.45, 7) is 11.9. The van der Waals surface area contributed by atoms with Gasteiger partial charge in [-0.15, -0.1) is 0 Å². The van der Waals surface area contributed by atoms with Crippen molar-refractivity contribution in [3.8, 4) is 77.9 Å². The first-order valence-electron chi connectivity index (χ1n) is 36.3. The Morgan fingerprint density at radius 1 is 0.225 bits per heavy atom. The predicted molar refractivity (Wildman–Crippen MR) is 423 cm³/mol. The molecule has 2 spiro atoms. The third kappa shape index (κ3) is 7.84. The third-order valence-corrected chi connectivity index (χ3v) is 24.6. The van der Waals surface area contributed by atoms with Crippen LogP contribution in [0.1, 0.15) is 104 Å². The molecule has 0 saturated carbocycles. The molecule has 0 bridgehead atoms. The van der Waals surface area contributed by atoms with Gasteiger partial charge in [0.15, 0.2) is 0 Å². The van der Waals surface area contributed by atoms with Crippen molar-refractivity contribution in [2.75, 3.05) is 9.80 Å². The van der Waals surface area contributed by atoms with Crippen LogP contribution >= 0.6 is 0 Å². The Morgan fingerprint density at radius 2 is 0.549 bits per heavy atom. The summed E-state index contributed by atoms with van der Waals surface area (Å²) in [5.74, 6) is 0. The molecule has 0 amide bonds. The molecule has 482 valence electrons. The number of fused-ring (bicyclic) bond motifs is 26. The second-order valence-corrected chi connectivity index (χ2v) is 30.1. The first kappa shape index (κ1) is 58.8. The lowest BCUT2D eigenvalue weighted by atomic mass is 9.69. The highest BCUT2D eigenvalue weighted by Crippen LogP contribution is 2.66. The number of hydrogen-bond donors (Lipinski definition) is 0. The number of nitrogens with zero attached hydrogens (tertiary/aromatic N) is 2. The fraction of sp³-hybridized carbons (Fsp3) is 0.100. The second kappa shape index (κ2) is 21.5. The molecular formula is C100H72N2. The molecule has 2 atom stereocenters. The van der Waals surface area contributed by atoms with Gasteiger partial charge >= 0.3 is 0 Å². The van der Waals surface area contributed by atoms with Gasteiger partial charge in [-0.3, -0.25) is 0 Å². The molecule has 2 unspecified atom stereocenters. The van der Waals surface area contributed by atoms with Crippen molar-refractivity contribution < 1.29 is 0 Å². The molecule has 2 nitrogen and oxygen atoms in total. The van der Waals surface area contributed by atoms with Crippen molar-refractivity contribution in [3.05, 3.63) is 417 Å². The monoisotopic (exact) mass is 1300 g/mol. The lowest BCUT2D eigenvalue weighted by Gasteiger charge is -2.34. The fourth-order valence-corrected chi connectivity index (χ4v) is 20.3. The Morgan fingerprint density at radius 3 is 1.05 bits per heavy atom. The molecule has 0 aromatic heterocycles. The van der Waals surface area contributed by atoms with Crippen LogP contribution in [0.4, 0.5) is 34.1 Å². The van der Waals surface area contributed by atoms with Crippen LogP contribution in [0.15, 0.2) is 334 Å². The zero-order chi connectivity index (χ0) is 68.0. The topological polar surface area (TPSA) is 6.48 Å². The van der Waals surface area contributed by atoms with E-state index in [2.05, 4.69) is 378 Å². The largest absolute Gasteiger partial charge is 0.310 e. The van der Waals surface area contributed by atoms with Crippen molar-refractivity contribution in [1.29, 1.82) is 0 Å². The van der Waals surface area contributed by atoms with Crippen LogP contribution in [-0.2, 0) is 28.1 Å². The molecule has 6 aliphatic rings. The number of rotatable bonds is 9. The highest BCUT2D eigenvalue weighted by Gasteiger charge is 2.54. The van der Waals surface area contributed by atoms with Crippen molar-refractivity contribution in [2.45, 2.75) is 62.7 Å². The van der Waals surface area contributed by atoms with E-state index in [-0.39, 0.29) is 5.41 Å². The van der Waals surface area contributed by atoms with Gasteiger partial charge in [0.05, 0.1) is 16.5 Å². The minimum Gasteiger partial charge on any atom is -0.310 e. The standard InChI is InChI=1S/C100H72N2/c1-62-25-23-26-63(2)96(62)102(70-48-51-79-72-31-9-16-38-84(72)97(3,4)91(79)57-70)71-49-54-83-78-37-15-22-44-90(78)100(95(83)60-71)89-43-21-14-35-76(89)81-50-45-64(55-93(81)100)61-98(5)85-39-17-10-32-73(85)80-52-46-68(58-92(80)98)101(67-30-24-29-66(56-67)65-27-7-6-8-28-65)69-47-53-82-77-36-13-20-42-88(77)99(94(82)59-69)86-40-18-11-33-74(86)75-34-12-19-41-87(75)99/h6-60H,61H2,1-5H3. The Bertz CT molecular complexity index is 6000. The van der Waals surface area contributed by atoms with Gasteiger partial charge in [0.25, 0.3) is 0 Å². The van der Waals surface area contributed by atoms with Gasteiger partial charge in [-0.05, 0) is 242 Å². The first-order valence-corrected chi connectivity index (χ1v) is 36.3. The molecule has 0 heterocycles. The maximum absolute atomic E-state index is 2.63. The molecule has 2 heteroatoms.